The van der Waals surface area contributed by atoms with Crippen LogP contribution in [0.5, 0.6) is 0 Å². The second-order valence-electron chi connectivity index (χ2n) is 11.9. The first-order valence-electron chi connectivity index (χ1n) is 13.5. The average Bonchev–Trinajstić information content (AvgIpc) is 3.11. The predicted octanol–water partition coefficient (Wildman–Crippen LogP) is 5.20. The minimum atomic E-state index is -2.36. The Morgan fingerprint density at radius 1 is 1.21 bits per heavy atom. The third-order valence-corrected chi connectivity index (χ3v) is 13.8. The number of aryl methyl sites for hydroxylation is 1. The molecule has 5 atom stereocenters. The third kappa shape index (κ3) is 7.63. The molecule has 0 bridgehead atoms. The van der Waals surface area contributed by atoms with Gasteiger partial charge in [0.15, 0.2) is 14.5 Å². The van der Waals surface area contributed by atoms with Gasteiger partial charge in [-0.1, -0.05) is 27.7 Å². The van der Waals surface area contributed by atoms with Gasteiger partial charge in [0.05, 0.1) is 25.2 Å². The second-order valence-corrected chi connectivity index (χ2v) is 18.1. The number of nitriles is 1. The number of nitrogens with zero attached hydrogens (tertiary/aromatic N) is 3. The fraction of sp³-hybridized carbons (Fsp3) is 0.808. The standard InChI is InChI=1S/C26H47N4O6PSi/c1-12-20-21(35-37(33-15-13-14-27)30(17(2)3)18(4)5)22(36-38(10,11)26(7,8)9)24(34-20)29-16-19(6)23(31)28-25(29)32/h16-18,20-22,24H,12-13,15H2,1-11H3,(H,28,31,32)/t20-,21+,22?,24-,37?/m1/s1. The van der Waals surface area contributed by atoms with Gasteiger partial charge < -0.3 is 18.2 Å². The Balaban J connectivity index is 2.62. The SMILES string of the molecule is CC[C@H]1O[C@@H](n2cc(C)c(=O)[nH]c2=O)C(O[Si](C)(C)C(C)(C)C)[C@H]1OP(OCCC#N)N(C(C)C)C(C)C. The number of H-pyrrole nitrogens is 1. The highest BCUT2D eigenvalue weighted by Gasteiger charge is 2.52. The molecular formula is C26H47N4O6PSi. The highest BCUT2D eigenvalue weighted by atomic mass is 31.2. The van der Waals surface area contributed by atoms with Crippen molar-refractivity contribution in [1.29, 1.82) is 5.26 Å². The van der Waals surface area contributed by atoms with Crippen LogP contribution in [0.25, 0.3) is 0 Å². The van der Waals surface area contributed by atoms with Crippen LogP contribution in [0.15, 0.2) is 15.8 Å². The average molecular weight is 571 g/mol. The normalized spacial score (nSPS) is 23.4. The fourth-order valence-electron chi connectivity index (χ4n) is 4.20. The van der Waals surface area contributed by atoms with Gasteiger partial charge in [-0.25, -0.2) is 9.46 Å². The molecule has 1 saturated heterocycles. The quantitative estimate of drug-likeness (QED) is 0.207. The first-order valence-corrected chi connectivity index (χ1v) is 17.5. The molecule has 1 aliphatic heterocycles. The van der Waals surface area contributed by atoms with Crippen molar-refractivity contribution in [3.05, 3.63) is 32.6 Å². The molecule has 12 heteroatoms. The van der Waals surface area contributed by atoms with Crippen molar-refractivity contribution in [3.8, 4) is 6.07 Å². The summed E-state index contributed by atoms with van der Waals surface area (Å²) in [4.78, 5) is 27.5. The topological polar surface area (TPSA) is 119 Å². The lowest BCUT2D eigenvalue weighted by atomic mass is 10.1. The van der Waals surface area contributed by atoms with E-state index >= 15 is 0 Å². The fourth-order valence-corrected chi connectivity index (χ4v) is 7.26. The zero-order valence-corrected chi connectivity index (χ0v) is 26.8. The molecule has 0 aliphatic carbocycles. The summed E-state index contributed by atoms with van der Waals surface area (Å²) in [6.07, 6.45) is 0.0954. The molecule has 0 radical (unpaired) electrons. The summed E-state index contributed by atoms with van der Waals surface area (Å²) < 4.78 is 30.0. The molecule has 2 unspecified atom stereocenters. The molecule has 0 aromatic carbocycles. The molecular weight excluding hydrogens is 523 g/mol. The van der Waals surface area contributed by atoms with Gasteiger partial charge in [0.2, 0.25) is 0 Å². The van der Waals surface area contributed by atoms with Crippen LogP contribution < -0.4 is 11.2 Å². The summed E-state index contributed by atoms with van der Waals surface area (Å²) in [5.74, 6) is 0. The molecule has 1 aromatic heterocycles. The van der Waals surface area contributed by atoms with Gasteiger partial charge in [-0.3, -0.25) is 14.3 Å². The van der Waals surface area contributed by atoms with Gasteiger partial charge in [0.1, 0.15) is 12.2 Å². The Morgan fingerprint density at radius 3 is 2.32 bits per heavy atom. The smallest absolute Gasteiger partial charge is 0.330 e. The molecule has 1 N–H and O–H groups in total. The monoisotopic (exact) mass is 570 g/mol. The van der Waals surface area contributed by atoms with Gasteiger partial charge in [0.25, 0.3) is 14.1 Å². The van der Waals surface area contributed by atoms with Crippen LogP contribution >= 0.6 is 8.53 Å². The van der Waals surface area contributed by atoms with E-state index in [9.17, 15) is 9.59 Å². The third-order valence-electron chi connectivity index (χ3n) is 7.22. The van der Waals surface area contributed by atoms with E-state index in [0.29, 0.717) is 12.0 Å². The summed E-state index contributed by atoms with van der Waals surface area (Å²) in [6.45, 7) is 23.0. The van der Waals surface area contributed by atoms with Crippen molar-refractivity contribution in [2.75, 3.05) is 6.61 Å². The van der Waals surface area contributed by atoms with Gasteiger partial charge in [-0.05, 0) is 59.2 Å². The number of ether oxygens (including phenoxy) is 1. The van der Waals surface area contributed by atoms with Crippen LogP contribution in [-0.2, 0) is 18.2 Å². The van der Waals surface area contributed by atoms with E-state index in [0.717, 1.165) is 0 Å². The van der Waals surface area contributed by atoms with E-state index in [1.165, 1.54) is 10.8 Å². The van der Waals surface area contributed by atoms with E-state index in [-0.39, 0.29) is 36.3 Å². The molecule has 216 valence electrons. The minimum absolute atomic E-state index is 0.103. The Morgan fingerprint density at radius 2 is 1.82 bits per heavy atom. The van der Waals surface area contributed by atoms with Crippen LogP contribution in [0.1, 0.15) is 80.0 Å². The zero-order chi connectivity index (χ0) is 29.0. The Kier molecular flexibility index (Phi) is 11.5. The minimum Gasteiger partial charge on any atom is -0.407 e. The number of hydrogen-bond donors (Lipinski definition) is 1. The maximum absolute atomic E-state index is 13.0. The summed E-state index contributed by atoms with van der Waals surface area (Å²) in [6, 6.07) is 2.40. The van der Waals surface area contributed by atoms with E-state index in [2.05, 4.69) is 77.3 Å². The maximum atomic E-state index is 13.0. The molecule has 2 rings (SSSR count). The Bertz CT molecular complexity index is 1070. The van der Waals surface area contributed by atoms with Gasteiger partial charge >= 0.3 is 5.69 Å². The highest BCUT2D eigenvalue weighted by Crippen LogP contribution is 2.51. The van der Waals surface area contributed by atoms with E-state index in [4.69, 9.17) is 23.5 Å². The van der Waals surface area contributed by atoms with E-state index in [1.807, 2.05) is 6.92 Å². The maximum Gasteiger partial charge on any atom is 0.330 e. The van der Waals surface area contributed by atoms with Crippen LogP contribution in [0.2, 0.25) is 18.1 Å². The predicted molar refractivity (Wildman–Crippen MR) is 152 cm³/mol. The first-order chi connectivity index (χ1) is 17.5. The number of aromatic amines is 1. The molecule has 0 saturated carbocycles. The summed E-state index contributed by atoms with van der Waals surface area (Å²) in [5, 5.41) is 9.00. The van der Waals surface area contributed by atoms with Crippen molar-refractivity contribution >= 4 is 16.8 Å². The number of aromatic nitrogens is 2. The summed E-state index contributed by atoms with van der Waals surface area (Å²) in [7, 11) is -3.93. The molecule has 10 nitrogen and oxygen atoms in total. The van der Waals surface area contributed by atoms with Crippen LogP contribution in [0.3, 0.4) is 0 Å². The number of nitrogens with one attached hydrogen (secondary N) is 1. The van der Waals surface area contributed by atoms with Crippen molar-refractivity contribution in [1.82, 2.24) is 14.2 Å². The van der Waals surface area contributed by atoms with Gasteiger partial charge in [-0.15, -0.1) is 0 Å². The number of rotatable bonds is 12. The highest BCUT2D eigenvalue weighted by molar-refractivity contribution is 7.44. The van der Waals surface area contributed by atoms with Crippen LogP contribution in [0.4, 0.5) is 0 Å². The Hall–Kier alpha value is -1.38. The van der Waals surface area contributed by atoms with Crippen molar-refractivity contribution in [2.45, 2.75) is 130 Å². The van der Waals surface area contributed by atoms with E-state index in [1.54, 1.807) is 6.92 Å². The zero-order valence-electron chi connectivity index (χ0n) is 24.9. The molecule has 0 spiro atoms. The van der Waals surface area contributed by atoms with Crippen LogP contribution in [-0.4, -0.2) is 59.5 Å². The van der Waals surface area contributed by atoms with Crippen molar-refractivity contribution < 1.29 is 18.2 Å². The first kappa shape index (κ1) is 32.8. The van der Waals surface area contributed by atoms with Crippen molar-refractivity contribution in [3.63, 3.8) is 0 Å². The largest absolute Gasteiger partial charge is 0.407 e. The molecule has 2 heterocycles. The summed E-state index contributed by atoms with van der Waals surface area (Å²) >= 11 is 0. The summed E-state index contributed by atoms with van der Waals surface area (Å²) in [5.41, 5.74) is -0.571. The molecule has 38 heavy (non-hydrogen) atoms. The van der Waals surface area contributed by atoms with E-state index < -0.39 is 46.5 Å². The van der Waals surface area contributed by atoms with Gasteiger partial charge in [-0.2, -0.15) is 5.26 Å². The number of hydrogen-bond acceptors (Lipinski definition) is 8. The van der Waals surface area contributed by atoms with Crippen LogP contribution in [0, 0.1) is 18.3 Å². The lowest BCUT2D eigenvalue weighted by Gasteiger charge is -2.42. The second kappa shape index (κ2) is 13.3. The molecule has 0 amide bonds. The molecule has 1 aromatic rings. The lowest BCUT2D eigenvalue weighted by molar-refractivity contribution is -0.0374. The molecule has 1 aliphatic rings. The van der Waals surface area contributed by atoms with Gasteiger partial charge in [0, 0.05) is 23.8 Å². The van der Waals surface area contributed by atoms with Crippen molar-refractivity contribution in [2.24, 2.45) is 0 Å². The Labute approximate surface area is 229 Å². The lowest BCUT2D eigenvalue weighted by Crippen LogP contribution is -2.50. The molecule has 1 fully saturated rings.